The van der Waals surface area contributed by atoms with Gasteiger partial charge in [-0.05, 0) is 30.5 Å². The second-order valence-corrected chi connectivity index (χ2v) is 9.66. The fourth-order valence-corrected chi connectivity index (χ4v) is 5.60. The summed E-state index contributed by atoms with van der Waals surface area (Å²) in [6.07, 6.45) is 4.48. The van der Waals surface area contributed by atoms with Crippen molar-refractivity contribution < 1.29 is 13.7 Å². The third kappa shape index (κ3) is 3.81. The lowest BCUT2D eigenvalue weighted by Gasteiger charge is -2.32. The molecule has 3 aliphatic rings. The SMILES string of the molecule is O=S1CCN(Cc2cc3c(c4ncccc24)OCN(CC2CCCO2)C3)CC1. The van der Waals surface area contributed by atoms with E-state index in [0.717, 1.165) is 74.9 Å². The van der Waals surface area contributed by atoms with Crippen molar-refractivity contribution in [2.75, 3.05) is 44.5 Å². The van der Waals surface area contributed by atoms with Gasteiger partial charge in [-0.1, -0.05) is 6.07 Å². The summed E-state index contributed by atoms with van der Waals surface area (Å²) in [6.45, 7) is 5.94. The number of nitrogens with zero attached hydrogens (tertiary/aromatic N) is 3. The number of hydrogen-bond acceptors (Lipinski definition) is 6. The molecule has 6 nitrogen and oxygen atoms in total. The Morgan fingerprint density at radius 1 is 1.25 bits per heavy atom. The van der Waals surface area contributed by atoms with Gasteiger partial charge in [0.25, 0.3) is 0 Å². The zero-order chi connectivity index (χ0) is 18.9. The quantitative estimate of drug-likeness (QED) is 0.782. The summed E-state index contributed by atoms with van der Waals surface area (Å²) < 4.78 is 23.7. The van der Waals surface area contributed by atoms with Gasteiger partial charge in [0.2, 0.25) is 0 Å². The summed E-state index contributed by atoms with van der Waals surface area (Å²) >= 11 is 0. The molecule has 0 N–H and O–H groups in total. The second-order valence-electron chi connectivity index (χ2n) is 7.97. The monoisotopic (exact) mass is 401 g/mol. The summed E-state index contributed by atoms with van der Waals surface area (Å²) in [7, 11) is -0.648. The van der Waals surface area contributed by atoms with Crippen molar-refractivity contribution in [3.8, 4) is 5.75 Å². The van der Waals surface area contributed by atoms with E-state index in [9.17, 15) is 4.21 Å². The predicted octanol–water partition coefficient (Wildman–Crippen LogP) is 2.13. The summed E-state index contributed by atoms with van der Waals surface area (Å²) in [5.74, 6) is 2.49. The van der Waals surface area contributed by atoms with E-state index in [0.29, 0.717) is 12.8 Å². The average molecular weight is 402 g/mol. The molecule has 0 saturated carbocycles. The van der Waals surface area contributed by atoms with E-state index in [1.165, 1.54) is 16.5 Å². The van der Waals surface area contributed by atoms with Crippen LogP contribution in [0.4, 0.5) is 0 Å². The normalized spacial score (nSPS) is 24.4. The molecule has 1 aromatic heterocycles. The molecule has 1 unspecified atom stereocenters. The molecule has 0 spiro atoms. The highest BCUT2D eigenvalue weighted by atomic mass is 32.2. The lowest BCUT2D eigenvalue weighted by molar-refractivity contribution is 0.0285. The van der Waals surface area contributed by atoms with Gasteiger partial charge in [-0.2, -0.15) is 0 Å². The Labute approximate surface area is 168 Å². The Balaban J connectivity index is 1.41. The standard InChI is InChI=1S/C21H27N3O3S/c25-28-9-6-23(7-10-28)12-16-11-17-13-24(14-18-3-2-8-26-18)15-27-21(17)20-19(16)4-1-5-22-20/h1,4-5,11,18H,2-3,6-10,12-15H2. The lowest BCUT2D eigenvalue weighted by Crippen LogP contribution is -2.38. The largest absolute Gasteiger partial charge is 0.475 e. The van der Waals surface area contributed by atoms with E-state index in [2.05, 4.69) is 26.9 Å². The first-order chi connectivity index (χ1) is 13.8. The Morgan fingerprint density at radius 2 is 2.14 bits per heavy atom. The molecular weight excluding hydrogens is 374 g/mol. The first kappa shape index (κ1) is 18.5. The molecule has 2 aromatic rings. The van der Waals surface area contributed by atoms with Crippen LogP contribution in [0.3, 0.4) is 0 Å². The van der Waals surface area contributed by atoms with E-state index in [-0.39, 0.29) is 0 Å². The first-order valence-corrected chi connectivity index (χ1v) is 11.7. The molecule has 0 aliphatic carbocycles. The highest BCUT2D eigenvalue weighted by Crippen LogP contribution is 2.35. The Kier molecular flexibility index (Phi) is 5.32. The fourth-order valence-electron chi connectivity index (χ4n) is 4.47. The van der Waals surface area contributed by atoms with Gasteiger partial charge >= 0.3 is 0 Å². The molecule has 4 heterocycles. The lowest BCUT2D eigenvalue weighted by atomic mass is 10.0. The first-order valence-electron chi connectivity index (χ1n) is 10.2. The van der Waals surface area contributed by atoms with E-state index in [1.54, 1.807) is 0 Å². The molecule has 0 bridgehead atoms. The van der Waals surface area contributed by atoms with Gasteiger partial charge in [0.15, 0.2) is 5.75 Å². The number of ether oxygens (including phenoxy) is 2. The van der Waals surface area contributed by atoms with Crippen LogP contribution in [-0.4, -0.2) is 69.6 Å². The van der Waals surface area contributed by atoms with Crippen molar-refractivity contribution in [3.05, 3.63) is 35.5 Å². The summed E-state index contributed by atoms with van der Waals surface area (Å²) in [4.78, 5) is 9.39. The van der Waals surface area contributed by atoms with Gasteiger partial charge in [-0.25, -0.2) is 0 Å². The van der Waals surface area contributed by atoms with Gasteiger partial charge in [-0.15, -0.1) is 0 Å². The summed E-state index contributed by atoms with van der Waals surface area (Å²) in [6, 6.07) is 6.44. The minimum atomic E-state index is -0.648. The topological polar surface area (TPSA) is 54.9 Å². The Bertz CT molecular complexity index is 875. The summed E-state index contributed by atoms with van der Waals surface area (Å²) in [5.41, 5.74) is 3.47. The third-order valence-corrected chi connectivity index (χ3v) is 7.22. The van der Waals surface area contributed by atoms with Gasteiger partial charge in [0.1, 0.15) is 12.2 Å². The minimum Gasteiger partial charge on any atom is -0.475 e. The van der Waals surface area contributed by atoms with Crippen molar-refractivity contribution in [2.24, 2.45) is 0 Å². The zero-order valence-electron chi connectivity index (χ0n) is 16.1. The van der Waals surface area contributed by atoms with Gasteiger partial charge < -0.3 is 9.47 Å². The van der Waals surface area contributed by atoms with E-state index < -0.39 is 10.8 Å². The number of hydrogen-bond donors (Lipinski definition) is 0. The number of rotatable bonds is 4. The smallest absolute Gasteiger partial charge is 0.152 e. The van der Waals surface area contributed by atoms with Crippen molar-refractivity contribution >= 4 is 21.7 Å². The molecule has 1 atom stereocenters. The molecule has 2 saturated heterocycles. The van der Waals surface area contributed by atoms with Crippen LogP contribution in [0.5, 0.6) is 5.75 Å². The highest BCUT2D eigenvalue weighted by Gasteiger charge is 2.26. The average Bonchev–Trinajstić information content (AvgIpc) is 3.23. The Morgan fingerprint density at radius 3 is 2.96 bits per heavy atom. The van der Waals surface area contributed by atoms with Crippen LogP contribution >= 0.6 is 0 Å². The maximum absolute atomic E-state index is 11.7. The van der Waals surface area contributed by atoms with Gasteiger partial charge in [0.05, 0.1) is 6.10 Å². The second kappa shape index (κ2) is 8.06. The van der Waals surface area contributed by atoms with Crippen molar-refractivity contribution in [1.82, 2.24) is 14.8 Å². The zero-order valence-corrected chi connectivity index (χ0v) is 17.0. The minimum absolute atomic E-state index is 0.331. The van der Waals surface area contributed by atoms with Gasteiger partial charge in [0, 0.05) is 78.8 Å². The van der Waals surface area contributed by atoms with Crippen molar-refractivity contribution in [3.63, 3.8) is 0 Å². The molecule has 1 aromatic carbocycles. The molecule has 0 amide bonds. The maximum Gasteiger partial charge on any atom is 0.152 e. The van der Waals surface area contributed by atoms with Crippen LogP contribution in [0, 0.1) is 0 Å². The molecule has 7 heteroatoms. The van der Waals surface area contributed by atoms with Crippen LogP contribution in [0.15, 0.2) is 24.4 Å². The molecule has 150 valence electrons. The van der Waals surface area contributed by atoms with Crippen LogP contribution in [-0.2, 0) is 28.6 Å². The molecular formula is C21H27N3O3S. The number of fused-ring (bicyclic) bond motifs is 3. The van der Waals surface area contributed by atoms with Gasteiger partial charge in [-0.3, -0.25) is 19.0 Å². The number of benzene rings is 1. The van der Waals surface area contributed by atoms with E-state index in [4.69, 9.17) is 9.47 Å². The van der Waals surface area contributed by atoms with Crippen LogP contribution in [0.1, 0.15) is 24.0 Å². The molecule has 28 heavy (non-hydrogen) atoms. The highest BCUT2D eigenvalue weighted by molar-refractivity contribution is 7.85. The van der Waals surface area contributed by atoms with E-state index >= 15 is 0 Å². The maximum atomic E-state index is 11.7. The van der Waals surface area contributed by atoms with Crippen molar-refractivity contribution in [1.29, 1.82) is 0 Å². The van der Waals surface area contributed by atoms with Crippen molar-refractivity contribution in [2.45, 2.75) is 32.0 Å². The molecule has 2 fully saturated rings. The molecule has 3 aliphatic heterocycles. The van der Waals surface area contributed by atoms with Crippen LogP contribution in [0.2, 0.25) is 0 Å². The fraction of sp³-hybridized carbons (Fsp3) is 0.571. The molecule has 0 radical (unpaired) electrons. The van der Waals surface area contributed by atoms with E-state index in [1.807, 2.05) is 12.3 Å². The van der Waals surface area contributed by atoms with Crippen LogP contribution in [0.25, 0.3) is 10.9 Å². The summed E-state index contributed by atoms with van der Waals surface area (Å²) in [5, 5.41) is 1.17. The number of pyridine rings is 1. The van der Waals surface area contributed by atoms with Crippen LogP contribution < -0.4 is 4.74 Å². The predicted molar refractivity (Wildman–Crippen MR) is 110 cm³/mol. The third-order valence-electron chi connectivity index (χ3n) is 5.94. The number of aromatic nitrogens is 1. The Hall–Kier alpha value is -1.54. The molecule has 5 rings (SSSR count).